The third kappa shape index (κ3) is 3.90. The molecular weight excluding hydrogens is 332 g/mol. The van der Waals surface area contributed by atoms with Crippen LogP contribution in [0.5, 0.6) is 11.5 Å². The largest absolute Gasteiger partial charge is 0.493 e. The standard InChI is InChI=1S/C16H25BrN2O2/c1-11-4-5-19(10-13(11)8-18)9-12-6-15(20-2)16(21-3)7-14(12)17/h6-7,11,13H,4-5,8-10,18H2,1-3H3. The summed E-state index contributed by atoms with van der Waals surface area (Å²) in [6.45, 7) is 6.17. The Morgan fingerprint density at radius 2 is 1.95 bits per heavy atom. The Morgan fingerprint density at radius 3 is 2.57 bits per heavy atom. The molecule has 1 aromatic rings. The zero-order chi connectivity index (χ0) is 15.4. The molecule has 1 fully saturated rings. The van der Waals surface area contributed by atoms with Crippen LogP contribution in [0.4, 0.5) is 0 Å². The van der Waals surface area contributed by atoms with E-state index < -0.39 is 0 Å². The van der Waals surface area contributed by atoms with Gasteiger partial charge in [-0.3, -0.25) is 4.90 Å². The van der Waals surface area contributed by atoms with Crippen molar-refractivity contribution in [2.75, 3.05) is 33.9 Å². The first-order valence-corrected chi connectivity index (χ1v) is 8.21. The van der Waals surface area contributed by atoms with E-state index in [4.69, 9.17) is 15.2 Å². The molecule has 0 spiro atoms. The predicted octanol–water partition coefficient (Wildman–Crippen LogP) is 2.88. The van der Waals surface area contributed by atoms with Gasteiger partial charge in [0.25, 0.3) is 0 Å². The third-order valence-electron chi connectivity index (χ3n) is 4.45. The van der Waals surface area contributed by atoms with Gasteiger partial charge in [0.05, 0.1) is 14.2 Å². The Balaban J connectivity index is 2.12. The van der Waals surface area contributed by atoms with Crippen LogP contribution in [0.15, 0.2) is 16.6 Å². The minimum atomic E-state index is 0.595. The molecule has 1 aliphatic rings. The fourth-order valence-electron chi connectivity index (χ4n) is 2.93. The van der Waals surface area contributed by atoms with Gasteiger partial charge in [-0.15, -0.1) is 0 Å². The summed E-state index contributed by atoms with van der Waals surface area (Å²) in [5.41, 5.74) is 7.11. The molecule has 0 aliphatic carbocycles. The van der Waals surface area contributed by atoms with Crippen LogP contribution in [0.25, 0.3) is 0 Å². The molecule has 1 heterocycles. The van der Waals surface area contributed by atoms with Gasteiger partial charge < -0.3 is 15.2 Å². The van der Waals surface area contributed by atoms with Crippen LogP contribution in [-0.2, 0) is 6.54 Å². The first-order valence-electron chi connectivity index (χ1n) is 7.41. The molecule has 2 N–H and O–H groups in total. The van der Waals surface area contributed by atoms with Crippen LogP contribution in [0.1, 0.15) is 18.9 Å². The summed E-state index contributed by atoms with van der Waals surface area (Å²) in [6, 6.07) is 4.03. The second kappa shape index (κ2) is 7.47. The van der Waals surface area contributed by atoms with Crippen molar-refractivity contribution in [1.29, 1.82) is 0 Å². The highest BCUT2D eigenvalue weighted by molar-refractivity contribution is 9.10. The van der Waals surface area contributed by atoms with Gasteiger partial charge in [0, 0.05) is 17.6 Å². The van der Waals surface area contributed by atoms with Crippen molar-refractivity contribution in [2.24, 2.45) is 17.6 Å². The van der Waals surface area contributed by atoms with Crippen molar-refractivity contribution >= 4 is 15.9 Å². The maximum atomic E-state index is 5.89. The Bertz CT molecular complexity index is 482. The average Bonchev–Trinajstić information content (AvgIpc) is 2.50. The van der Waals surface area contributed by atoms with E-state index in [9.17, 15) is 0 Å². The normalized spacial score (nSPS) is 23.1. The van der Waals surface area contributed by atoms with Crippen molar-refractivity contribution in [2.45, 2.75) is 19.9 Å². The predicted molar refractivity (Wildman–Crippen MR) is 88.8 cm³/mol. The summed E-state index contributed by atoms with van der Waals surface area (Å²) >= 11 is 3.64. The fourth-order valence-corrected chi connectivity index (χ4v) is 3.38. The highest BCUT2D eigenvalue weighted by Gasteiger charge is 2.25. The van der Waals surface area contributed by atoms with Crippen molar-refractivity contribution in [3.8, 4) is 11.5 Å². The highest BCUT2D eigenvalue weighted by Crippen LogP contribution is 2.34. The molecule has 5 heteroatoms. The van der Waals surface area contributed by atoms with Gasteiger partial charge in [-0.1, -0.05) is 22.9 Å². The molecule has 2 unspecified atom stereocenters. The van der Waals surface area contributed by atoms with E-state index in [2.05, 4.69) is 33.8 Å². The van der Waals surface area contributed by atoms with Crippen molar-refractivity contribution < 1.29 is 9.47 Å². The van der Waals surface area contributed by atoms with Gasteiger partial charge in [0.1, 0.15) is 0 Å². The van der Waals surface area contributed by atoms with E-state index in [1.165, 1.54) is 12.0 Å². The number of piperidine rings is 1. The van der Waals surface area contributed by atoms with Gasteiger partial charge in [0.15, 0.2) is 11.5 Å². The van der Waals surface area contributed by atoms with Crippen LogP contribution in [-0.4, -0.2) is 38.8 Å². The maximum Gasteiger partial charge on any atom is 0.161 e. The van der Waals surface area contributed by atoms with Crippen LogP contribution in [0.2, 0.25) is 0 Å². The monoisotopic (exact) mass is 356 g/mol. The Kier molecular flexibility index (Phi) is 5.90. The lowest BCUT2D eigenvalue weighted by Crippen LogP contribution is -2.42. The molecule has 1 aliphatic heterocycles. The Morgan fingerprint density at radius 1 is 1.29 bits per heavy atom. The minimum absolute atomic E-state index is 0.595. The number of methoxy groups -OCH3 is 2. The van der Waals surface area contributed by atoms with Crippen molar-refractivity contribution in [3.05, 3.63) is 22.2 Å². The number of hydrogen-bond donors (Lipinski definition) is 1. The molecule has 2 rings (SSSR count). The van der Waals surface area contributed by atoms with E-state index in [1.807, 2.05) is 6.07 Å². The smallest absolute Gasteiger partial charge is 0.161 e. The quantitative estimate of drug-likeness (QED) is 0.880. The number of hydrogen-bond acceptors (Lipinski definition) is 4. The van der Waals surface area contributed by atoms with Gasteiger partial charge in [0.2, 0.25) is 0 Å². The average molecular weight is 357 g/mol. The molecule has 1 saturated heterocycles. The number of ether oxygens (including phenoxy) is 2. The lowest BCUT2D eigenvalue weighted by Gasteiger charge is -2.36. The number of benzene rings is 1. The van der Waals surface area contributed by atoms with Crippen molar-refractivity contribution in [3.63, 3.8) is 0 Å². The first kappa shape index (κ1) is 16.6. The number of halogens is 1. The Labute approximate surface area is 135 Å². The summed E-state index contributed by atoms with van der Waals surface area (Å²) in [6.07, 6.45) is 1.22. The van der Waals surface area contributed by atoms with E-state index in [1.54, 1.807) is 14.2 Å². The molecular formula is C16H25BrN2O2. The van der Waals surface area contributed by atoms with Gasteiger partial charge >= 0.3 is 0 Å². The summed E-state index contributed by atoms with van der Waals surface area (Å²) in [5.74, 6) is 2.84. The number of likely N-dealkylation sites (tertiary alicyclic amines) is 1. The van der Waals surface area contributed by atoms with Crippen LogP contribution in [0.3, 0.4) is 0 Å². The van der Waals surface area contributed by atoms with Crippen molar-refractivity contribution in [1.82, 2.24) is 4.90 Å². The molecule has 118 valence electrons. The van der Waals surface area contributed by atoms with E-state index >= 15 is 0 Å². The summed E-state index contributed by atoms with van der Waals surface area (Å²) in [5, 5.41) is 0. The van der Waals surface area contributed by atoms with E-state index in [0.29, 0.717) is 5.92 Å². The Hall–Kier alpha value is -0.780. The lowest BCUT2D eigenvalue weighted by atomic mass is 9.87. The molecule has 21 heavy (non-hydrogen) atoms. The van der Waals surface area contributed by atoms with E-state index in [0.717, 1.165) is 48.1 Å². The molecule has 0 amide bonds. The minimum Gasteiger partial charge on any atom is -0.493 e. The number of nitrogens with two attached hydrogens (primary N) is 1. The zero-order valence-electron chi connectivity index (χ0n) is 13.1. The molecule has 1 aromatic carbocycles. The van der Waals surface area contributed by atoms with Gasteiger partial charge in [-0.05, 0) is 49.0 Å². The molecule has 0 bridgehead atoms. The highest BCUT2D eigenvalue weighted by atomic mass is 79.9. The topological polar surface area (TPSA) is 47.7 Å². The summed E-state index contributed by atoms with van der Waals surface area (Å²) < 4.78 is 11.8. The molecule has 2 atom stereocenters. The van der Waals surface area contributed by atoms with E-state index in [-0.39, 0.29) is 0 Å². The zero-order valence-corrected chi connectivity index (χ0v) is 14.6. The number of nitrogens with zero attached hydrogens (tertiary/aromatic N) is 1. The summed E-state index contributed by atoms with van der Waals surface area (Å²) in [4.78, 5) is 2.48. The lowest BCUT2D eigenvalue weighted by molar-refractivity contribution is 0.126. The van der Waals surface area contributed by atoms with Gasteiger partial charge in [-0.2, -0.15) is 0 Å². The van der Waals surface area contributed by atoms with Crippen LogP contribution >= 0.6 is 15.9 Å². The molecule has 0 aromatic heterocycles. The second-order valence-electron chi connectivity index (χ2n) is 5.80. The van der Waals surface area contributed by atoms with Crippen LogP contribution < -0.4 is 15.2 Å². The SMILES string of the molecule is COc1cc(Br)c(CN2CCC(C)C(CN)C2)cc1OC. The number of rotatable bonds is 5. The van der Waals surface area contributed by atoms with Gasteiger partial charge in [-0.25, -0.2) is 0 Å². The van der Waals surface area contributed by atoms with Crippen LogP contribution in [0, 0.1) is 11.8 Å². The molecule has 4 nitrogen and oxygen atoms in total. The molecule has 0 saturated carbocycles. The summed E-state index contributed by atoms with van der Waals surface area (Å²) in [7, 11) is 3.32. The fraction of sp³-hybridized carbons (Fsp3) is 0.625. The molecule has 0 radical (unpaired) electrons. The first-order chi connectivity index (χ1) is 10.1. The third-order valence-corrected chi connectivity index (χ3v) is 5.19. The maximum absolute atomic E-state index is 5.89. The second-order valence-corrected chi connectivity index (χ2v) is 6.65.